The fourth-order valence-corrected chi connectivity index (χ4v) is 3.80. The zero-order valence-corrected chi connectivity index (χ0v) is 15.3. The predicted octanol–water partition coefficient (Wildman–Crippen LogP) is 6.00. The van der Waals surface area contributed by atoms with Crippen molar-refractivity contribution >= 4 is 50.5 Å². The van der Waals surface area contributed by atoms with E-state index in [0.29, 0.717) is 16.9 Å². The van der Waals surface area contributed by atoms with E-state index >= 15 is 0 Å². The molecule has 1 N–H and O–H groups in total. The van der Waals surface area contributed by atoms with Crippen LogP contribution < -0.4 is 5.32 Å². The summed E-state index contributed by atoms with van der Waals surface area (Å²) in [6, 6.07) is 9.99. The maximum absolute atomic E-state index is 13.0. The molecule has 142 valence electrons. The molecule has 8 heteroatoms. The Hall–Kier alpha value is -3.13. The van der Waals surface area contributed by atoms with E-state index in [2.05, 4.69) is 10.3 Å². The lowest BCUT2D eigenvalue weighted by molar-refractivity contribution is -0.137. The number of rotatable bonds is 3. The Morgan fingerprint density at radius 3 is 2.61 bits per heavy atom. The van der Waals surface area contributed by atoms with Gasteiger partial charge < -0.3 is 10.1 Å². The monoisotopic (exact) mass is 402 g/mol. The summed E-state index contributed by atoms with van der Waals surface area (Å²) in [7, 11) is 1.29. The molecule has 0 atom stereocenters. The number of nitrogens with one attached hydrogen (secondary N) is 1. The van der Waals surface area contributed by atoms with Gasteiger partial charge in [-0.3, -0.25) is 0 Å². The second-order valence-electron chi connectivity index (χ2n) is 6.09. The van der Waals surface area contributed by atoms with Crippen LogP contribution >= 0.6 is 11.3 Å². The molecule has 4 rings (SSSR count). The molecule has 0 spiro atoms. The highest BCUT2D eigenvalue weighted by Crippen LogP contribution is 2.35. The number of carbonyl (C=O) groups is 1. The van der Waals surface area contributed by atoms with Crippen molar-refractivity contribution in [3.05, 3.63) is 64.4 Å². The summed E-state index contributed by atoms with van der Waals surface area (Å²) in [6.45, 7) is 0. The van der Waals surface area contributed by atoms with Crippen molar-refractivity contribution in [2.45, 2.75) is 6.18 Å². The van der Waals surface area contributed by atoms with Crippen LogP contribution in [0, 0.1) is 0 Å². The molecule has 2 heterocycles. The number of alkyl halides is 3. The first-order valence-electron chi connectivity index (χ1n) is 8.19. The van der Waals surface area contributed by atoms with Crippen molar-refractivity contribution in [3.63, 3.8) is 0 Å². The fourth-order valence-electron chi connectivity index (χ4n) is 2.97. The van der Waals surface area contributed by atoms with Crippen LogP contribution in [0.15, 0.2) is 53.2 Å². The van der Waals surface area contributed by atoms with E-state index in [-0.39, 0.29) is 5.69 Å². The third kappa shape index (κ3) is 3.27. The van der Waals surface area contributed by atoms with Gasteiger partial charge in [-0.15, -0.1) is 0 Å². The van der Waals surface area contributed by atoms with Crippen LogP contribution in [-0.4, -0.2) is 18.1 Å². The summed E-state index contributed by atoms with van der Waals surface area (Å²) in [5.41, 5.74) is 0.427. The zero-order chi connectivity index (χ0) is 19.9. The minimum absolute atomic E-state index is 0.276. The number of esters is 1. The normalized spacial score (nSPS) is 11.7. The van der Waals surface area contributed by atoms with Crippen LogP contribution in [0.5, 0.6) is 0 Å². The van der Waals surface area contributed by atoms with Crippen LogP contribution in [0.4, 0.5) is 24.7 Å². The molecule has 0 saturated heterocycles. The lowest BCUT2D eigenvalue weighted by atomic mass is 10.1. The van der Waals surface area contributed by atoms with Gasteiger partial charge in [0.25, 0.3) is 0 Å². The maximum atomic E-state index is 13.0. The predicted molar refractivity (Wildman–Crippen MR) is 103 cm³/mol. The molecule has 0 unspecified atom stereocenters. The minimum atomic E-state index is -4.43. The lowest BCUT2D eigenvalue weighted by Gasteiger charge is -2.12. The number of aromatic nitrogens is 1. The second kappa shape index (κ2) is 6.79. The number of halogens is 3. The Morgan fingerprint density at radius 1 is 1.07 bits per heavy atom. The first kappa shape index (κ1) is 18.2. The van der Waals surface area contributed by atoms with Gasteiger partial charge in [0.15, 0.2) is 0 Å². The van der Waals surface area contributed by atoms with E-state index in [0.717, 1.165) is 28.3 Å². The molecular formula is C20H13F3N2O2S. The number of anilines is 2. The molecular weight excluding hydrogens is 389 g/mol. The molecule has 0 saturated carbocycles. The van der Waals surface area contributed by atoms with Crippen molar-refractivity contribution in [1.29, 1.82) is 0 Å². The van der Waals surface area contributed by atoms with Crippen molar-refractivity contribution in [1.82, 2.24) is 4.98 Å². The number of pyridine rings is 1. The maximum Gasteiger partial charge on any atom is 0.416 e. The highest BCUT2D eigenvalue weighted by molar-refractivity contribution is 7.09. The van der Waals surface area contributed by atoms with Crippen LogP contribution in [0.3, 0.4) is 0 Å². The fraction of sp³-hybridized carbons (Fsp3) is 0.100. The average Bonchev–Trinajstić information content (AvgIpc) is 3.17. The Balaban J connectivity index is 1.84. The van der Waals surface area contributed by atoms with E-state index in [1.807, 2.05) is 10.8 Å². The van der Waals surface area contributed by atoms with Gasteiger partial charge in [-0.1, -0.05) is 12.1 Å². The smallest absolute Gasteiger partial charge is 0.416 e. The van der Waals surface area contributed by atoms with Crippen molar-refractivity contribution < 1.29 is 22.7 Å². The average molecular weight is 402 g/mol. The molecule has 0 aliphatic heterocycles. The summed E-state index contributed by atoms with van der Waals surface area (Å²) >= 11 is 1.46. The Bertz CT molecular complexity index is 1200. The summed E-state index contributed by atoms with van der Waals surface area (Å²) in [5, 5.41) is 9.34. The number of hydrogen-bond acceptors (Lipinski definition) is 5. The number of ether oxygens (including phenoxy) is 1. The number of carbonyl (C=O) groups excluding carboxylic acids is 1. The molecule has 0 aliphatic rings. The van der Waals surface area contributed by atoms with Crippen LogP contribution in [0.1, 0.15) is 15.9 Å². The van der Waals surface area contributed by atoms with Gasteiger partial charge in [0, 0.05) is 27.2 Å². The molecule has 0 aliphatic carbocycles. The number of nitrogens with zero attached hydrogens (tertiary/aromatic N) is 1. The first-order chi connectivity index (χ1) is 13.4. The molecule has 28 heavy (non-hydrogen) atoms. The summed E-state index contributed by atoms with van der Waals surface area (Å²) in [5.74, 6) is -0.0633. The van der Waals surface area contributed by atoms with Crippen molar-refractivity contribution in [2.24, 2.45) is 0 Å². The van der Waals surface area contributed by atoms with E-state index < -0.39 is 17.7 Å². The van der Waals surface area contributed by atoms with E-state index in [1.165, 1.54) is 24.5 Å². The third-order valence-electron chi connectivity index (χ3n) is 4.31. The zero-order valence-electron chi connectivity index (χ0n) is 14.5. The van der Waals surface area contributed by atoms with Crippen molar-refractivity contribution in [3.8, 4) is 0 Å². The van der Waals surface area contributed by atoms with E-state index in [4.69, 9.17) is 4.74 Å². The van der Waals surface area contributed by atoms with Gasteiger partial charge in [0.2, 0.25) is 0 Å². The van der Waals surface area contributed by atoms with Gasteiger partial charge >= 0.3 is 12.1 Å². The molecule has 0 bridgehead atoms. The van der Waals surface area contributed by atoms with Crippen LogP contribution in [-0.2, 0) is 10.9 Å². The van der Waals surface area contributed by atoms with Gasteiger partial charge in [-0.05, 0) is 35.7 Å². The molecule has 0 fully saturated rings. The van der Waals surface area contributed by atoms with Crippen LogP contribution in [0.2, 0.25) is 0 Å². The van der Waals surface area contributed by atoms with Gasteiger partial charge in [-0.25, -0.2) is 9.78 Å². The molecule has 2 aromatic heterocycles. The third-order valence-corrected chi connectivity index (χ3v) is 5.05. The topological polar surface area (TPSA) is 51.2 Å². The number of hydrogen-bond donors (Lipinski definition) is 1. The molecule has 0 amide bonds. The molecule has 0 radical (unpaired) electrons. The van der Waals surface area contributed by atoms with Crippen LogP contribution in [0.25, 0.3) is 21.7 Å². The highest BCUT2D eigenvalue weighted by Gasteiger charge is 2.30. The van der Waals surface area contributed by atoms with Gasteiger partial charge in [0.05, 0.1) is 23.8 Å². The van der Waals surface area contributed by atoms with Crippen molar-refractivity contribution in [2.75, 3.05) is 12.4 Å². The number of methoxy groups -OCH3 is 1. The van der Waals surface area contributed by atoms with Gasteiger partial charge in [-0.2, -0.15) is 24.5 Å². The number of thiophene rings is 1. The number of fused-ring (bicyclic) bond motifs is 3. The lowest BCUT2D eigenvalue weighted by Crippen LogP contribution is -2.05. The largest absolute Gasteiger partial charge is 0.465 e. The SMILES string of the molecule is COC(=O)c1ccc2c(c1)nc(Nc1cccc(C(F)(F)F)c1)c1cscc12. The quantitative estimate of drug-likeness (QED) is 0.427. The second-order valence-corrected chi connectivity index (χ2v) is 6.83. The van der Waals surface area contributed by atoms with Gasteiger partial charge in [0.1, 0.15) is 5.82 Å². The number of benzene rings is 2. The minimum Gasteiger partial charge on any atom is -0.465 e. The Kier molecular flexibility index (Phi) is 4.43. The molecule has 4 nitrogen and oxygen atoms in total. The highest BCUT2D eigenvalue weighted by atomic mass is 32.1. The summed E-state index contributed by atoms with van der Waals surface area (Å²) in [4.78, 5) is 16.4. The van der Waals surface area contributed by atoms with E-state index in [9.17, 15) is 18.0 Å². The summed E-state index contributed by atoms with van der Waals surface area (Å²) in [6.07, 6.45) is -4.43. The first-order valence-corrected chi connectivity index (χ1v) is 9.13. The standard InChI is InChI=1S/C20H13F3N2O2S/c1-27-19(26)11-5-6-14-15-9-28-10-16(15)18(25-17(14)7-11)24-13-4-2-3-12(8-13)20(21,22)23/h2-10H,1H3,(H,24,25). The Labute approximate surface area is 161 Å². The summed E-state index contributed by atoms with van der Waals surface area (Å²) < 4.78 is 43.7. The molecule has 4 aromatic rings. The van der Waals surface area contributed by atoms with E-state index in [1.54, 1.807) is 24.3 Å². The Morgan fingerprint density at radius 2 is 1.86 bits per heavy atom. The molecule has 2 aromatic carbocycles.